The van der Waals surface area contributed by atoms with Crippen LogP contribution in [0.2, 0.25) is 5.15 Å². The number of ether oxygens (including phenoxy) is 1. The smallest absolute Gasteiger partial charge is 0.162 e. The van der Waals surface area contributed by atoms with E-state index in [0.29, 0.717) is 17.6 Å². The normalized spacial score (nSPS) is 11.9. The topological polar surface area (TPSA) is 35.0 Å². The molecule has 0 radical (unpaired) electrons. The summed E-state index contributed by atoms with van der Waals surface area (Å²) >= 11 is 9.59. The van der Waals surface area contributed by atoms with Crippen molar-refractivity contribution in [1.29, 1.82) is 0 Å². The maximum atomic E-state index is 6.16. The summed E-state index contributed by atoms with van der Waals surface area (Å²) in [5, 5.41) is 0.461. The van der Waals surface area contributed by atoms with E-state index < -0.39 is 5.60 Å². The maximum Gasteiger partial charge on any atom is 0.162 e. The van der Waals surface area contributed by atoms with E-state index in [1.807, 2.05) is 13.8 Å². The Balaban J connectivity index is 3.32. The van der Waals surface area contributed by atoms with Crippen LogP contribution in [-0.2, 0) is 16.8 Å². The molecule has 0 aliphatic heterocycles. The van der Waals surface area contributed by atoms with Gasteiger partial charge in [-0.25, -0.2) is 9.97 Å². The Bertz CT molecular complexity index is 408. The first kappa shape index (κ1) is 15.9. The zero-order valence-corrected chi connectivity index (χ0v) is 13.7. The minimum absolute atomic E-state index is 0.428. The maximum absolute atomic E-state index is 6.16. The number of nitrogens with zero attached hydrogens (tertiary/aromatic N) is 2. The molecule has 1 aromatic heterocycles. The minimum Gasteiger partial charge on any atom is -0.367 e. The van der Waals surface area contributed by atoms with Crippen molar-refractivity contribution >= 4 is 27.5 Å². The van der Waals surface area contributed by atoms with Gasteiger partial charge in [0.05, 0.1) is 10.2 Å². The first-order valence-corrected chi connectivity index (χ1v) is 7.58. The molecule has 0 amide bonds. The van der Waals surface area contributed by atoms with Crippen LogP contribution in [0.3, 0.4) is 0 Å². The summed E-state index contributed by atoms with van der Waals surface area (Å²) in [7, 11) is 0. The highest BCUT2D eigenvalue weighted by molar-refractivity contribution is 9.10. The van der Waals surface area contributed by atoms with Gasteiger partial charge < -0.3 is 4.74 Å². The second-order valence-electron chi connectivity index (χ2n) is 4.09. The third-order valence-corrected chi connectivity index (χ3v) is 4.52. The van der Waals surface area contributed by atoms with E-state index in [1.54, 1.807) is 0 Å². The van der Waals surface area contributed by atoms with Crippen LogP contribution in [0.25, 0.3) is 0 Å². The molecule has 3 nitrogen and oxygen atoms in total. The lowest BCUT2D eigenvalue weighted by molar-refractivity contribution is -0.0573. The van der Waals surface area contributed by atoms with Crippen LogP contribution < -0.4 is 0 Å². The van der Waals surface area contributed by atoms with Gasteiger partial charge in [-0.3, -0.25) is 0 Å². The highest BCUT2D eigenvalue weighted by Crippen LogP contribution is 2.34. The number of aromatic nitrogens is 2. The van der Waals surface area contributed by atoms with Crippen LogP contribution in [0.1, 0.15) is 52.1 Å². The fraction of sp³-hybridized carbons (Fsp3) is 0.692. The van der Waals surface area contributed by atoms with E-state index in [1.165, 1.54) is 0 Å². The van der Waals surface area contributed by atoms with Crippen molar-refractivity contribution in [2.45, 2.75) is 52.6 Å². The van der Waals surface area contributed by atoms with Gasteiger partial charge in [-0.15, -0.1) is 0 Å². The number of hydrogen-bond acceptors (Lipinski definition) is 3. The molecular formula is C13H20BrClN2O. The molecule has 0 spiro atoms. The molecule has 0 aliphatic carbocycles. The molecule has 1 rings (SSSR count). The molecule has 0 atom stereocenters. The van der Waals surface area contributed by atoms with E-state index in [9.17, 15) is 0 Å². The Labute approximate surface area is 122 Å². The summed E-state index contributed by atoms with van der Waals surface area (Å²) in [5.41, 5.74) is 0.499. The summed E-state index contributed by atoms with van der Waals surface area (Å²) in [6, 6.07) is 0. The second kappa shape index (κ2) is 6.83. The van der Waals surface area contributed by atoms with Crippen LogP contribution in [0, 0.1) is 0 Å². The largest absolute Gasteiger partial charge is 0.367 e. The van der Waals surface area contributed by atoms with Gasteiger partial charge in [0.15, 0.2) is 5.82 Å². The van der Waals surface area contributed by atoms with Crippen LogP contribution in [0.4, 0.5) is 0 Å². The van der Waals surface area contributed by atoms with E-state index in [4.69, 9.17) is 16.3 Å². The number of hydrogen-bond donors (Lipinski definition) is 0. The fourth-order valence-corrected chi connectivity index (χ4v) is 2.66. The molecule has 0 saturated carbocycles. The second-order valence-corrected chi connectivity index (χ2v) is 5.24. The molecule has 102 valence electrons. The number of rotatable bonds is 6. The van der Waals surface area contributed by atoms with Gasteiger partial charge in [-0.1, -0.05) is 32.4 Å². The number of halogens is 2. The van der Waals surface area contributed by atoms with Gasteiger partial charge in [0.25, 0.3) is 0 Å². The molecule has 18 heavy (non-hydrogen) atoms. The minimum atomic E-state index is -0.428. The monoisotopic (exact) mass is 334 g/mol. The lowest BCUT2D eigenvalue weighted by Crippen LogP contribution is -2.31. The van der Waals surface area contributed by atoms with E-state index in [-0.39, 0.29) is 0 Å². The molecule has 0 saturated heterocycles. The van der Waals surface area contributed by atoms with E-state index in [0.717, 1.165) is 29.4 Å². The van der Waals surface area contributed by atoms with Crippen LogP contribution >= 0.6 is 27.5 Å². The molecule has 0 bridgehead atoms. The van der Waals surface area contributed by atoms with Crippen LogP contribution in [0.5, 0.6) is 0 Å². The molecule has 0 fully saturated rings. The zero-order valence-electron chi connectivity index (χ0n) is 11.4. The third-order valence-electron chi connectivity index (χ3n) is 3.18. The summed E-state index contributed by atoms with van der Waals surface area (Å²) in [6.07, 6.45) is 2.47. The fourth-order valence-electron chi connectivity index (χ4n) is 2.01. The highest BCUT2D eigenvalue weighted by Gasteiger charge is 2.33. The van der Waals surface area contributed by atoms with Crippen molar-refractivity contribution in [2.24, 2.45) is 0 Å². The standard InChI is InChI=1S/C13H20BrClN2O/c1-5-9-10(14)11(15)17-12(16-9)13(6-2,7-3)18-8-4/h5-8H2,1-4H3. The molecule has 1 aromatic rings. The third kappa shape index (κ3) is 3.03. The van der Waals surface area contributed by atoms with Gasteiger partial charge in [-0.05, 0) is 42.1 Å². The van der Waals surface area contributed by atoms with Crippen molar-refractivity contribution in [3.8, 4) is 0 Å². The van der Waals surface area contributed by atoms with Gasteiger partial charge >= 0.3 is 0 Å². The van der Waals surface area contributed by atoms with Gasteiger partial charge in [0, 0.05) is 6.61 Å². The van der Waals surface area contributed by atoms with Crippen molar-refractivity contribution < 1.29 is 4.74 Å². The quantitative estimate of drug-likeness (QED) is 0.718. The Kier molecular flexibility index (Phi) is 6.02. The highest BCUT2D eigenvalue weighted by atomic mass is 79.9. The van der Waals surface area contributed by atoms with Gasteiger partial charge in [-0.2, -0.15) is 0 Å². The lowest BCUT2D eigenvalue weighted by atomic mass is 9.95. The van der Waals surface area contributed by atoms with Crippen LogP contribution in [-0.4, -0.2) is 16.6 Å². The molecular weight excluding hydrogens is 316 g/mol. The predicted molar refractivity (Wildman–Crippen MR) is 78.0 cm³/mol. The van der Waals surface area contributed by atoms with Crippen LogP contribution in [0.15, 0.2) is 4.47 Å². The Morgan fingerprint density at radius 2 is 1.78 bits per heavy atom. The van der Waals surface area contributed by atoms with Gasteiger partial charge in [0.1, 0.15) is 10.8 Å². The summed E-state index contributed by atoms with van der Waals surface area (Å²) in [6.45, 7) is 8.85. The first-order chi connectivity index (χ1) is 8.54. The molecule has 0 aromatic carbocycles. The molecule has 0 N–H and O–H groups in total. The van der Waals surface area contributed by atoms with Crippen molar-refractivity contribution in [3.05, 3.63) is 21.1 Å². The molecule has 0 unspecified atom stereocenters. The number of aryl methyl sites for hydroxylation is 1. The first-order valence-electron chi connectivity index (χ1n) is 6.40. The summed E-state index contributed by atoms with van der Waals surface area (Å²) < 4.78 is 6.69. The summed E-state index contributed by atoms with van der Waals surface area (Å²) in [5.74, 6) is 0.694. The molecule has 0 aliphatic rings. The lowest BCUT2D eigenvalue weighted by Gasteiger charge is -2.30. The van der Waals surface area contributed by atoms with E-state index in [2.05, 4.69) is 39.7 Å². The Hall–Kier alpha value is -0.190. The molecule has 5 heteroatoms. The SMILES string of the molecule is CCOC(CC)(CC)c1nc(Cl)c(Br)c(CC)n1. The van der Waals surface area contributed by atoms with E-state index >= 15 is 0 Å². The van der Waals surface area contributed by atoms with Crippen molar-refractivity contribution in [2.75, 3.05) is 6.61 Å². The Morgan fingerprint density at radius 3 is 2.22 bits per heavy atom. The van der Waals surface area contributed by atoms with Crippen molar-refractivity contribution in [1.82, 2.24) is 9.97 Å². The Morgan fingerprint density at radius 1 is 1.17 bits per heavy atom. The zero-order chi connectivity index (χ0) is 13.8. The average molecular weight is 336 g/mol. The predicted octanol–water partition coefficient (Wildman–Crippen LogP) is 4.51. The van der Waals surface area contributed by atoms with Crippen molar-refractivity contribution in [3.63, 3.8) is 0 Å². The molecule has 1 heterocycles. The summed E-state index contributed by atoms with van der Waals surface area (Å²) in [4.78, 5) is 9.01. The average Bonchev–Trinajstić information content (AvgIpc) is 2.39. The van der Waals surface area contributed by atoms with Gasteiger partial charge in [0.2, 0.25) is 0 Å².